The van der Waals surface area contributed by atoms with E-state index in [-0.39, 0.29) is 11.4 Å². The standard InChI is InChI=1S/C9H21N3O/c1-9(2,3)12-8(13)7-11-6-4-5-10/h11H,4-7,10H2,1-3H3,(H,12,13). The average Bonchev–Trinajstić information content (AvgIpc) is 1.94. The summed E-state index contributed by atoms with van der Waals surface area (Å²) in [4.78, 5) is 11.2. The number of nitrogens with two attached hydrogens (primary N) is 1. The smallest absolute Gasteiger partial charge is 0.234 e. The molecule has 4 nitrogen and oxygen atoms in total. The summed E-state index contributed by atoms with van der Waals surface area (Å²) in [5.74, 6) is 0.0320. The van der Waals surface area contributed by atoms with Gasteiger partial charge in [0.1, 0.15) is 0 Å². The highest BCUT2D eigenvalue weighted by Gasteiger charge is 2.12. The second-order valence-corrected chi connectivity index (χ2v) is 4.12. The van der Waals surface area contributed by atoms with Crippen molar-refractivity contribution in [2.24, 2.45) is 5.73 Å². The maximum absolute atomic E-state index is 11.2. The first-order valence-electron chi connectivity index (χ1n) is 4.67. The van der Waals surface area contributed by atoms with Gasteiger partial charge in [0.2, 0.25) is 5.91 Å². The largest absolute Gasteiger partial charge is 0.350 e. The number of carbonyl (C=O) groups is 1. The van der Waals surface area contributed by atoms with E-state index < -0.39 is 0 Å². The van der Waals surface area contributed by atoms with Crippen molar-refractivity contribution < 1.29 is 4.79 Å². The fourth-order valence-electron chi connectivity index (χ4n) is 0.891. The van der Waals surface area contributed by atoms with Crippen LogP contribution in [-0.2, 0) is 4.79 Å². The predicted octanol–water partition coefficient (Wildman–Crippen LogP) is -0.160. The van der Waals surface area contributed by atoms with E-state index in [1.54, 1.807) is 0 Å². The van der Waals surface area contributed by atoms with Crippen LogP contribution in [0.3, 0.4) is 0 Å². The molecule has 0 fully saturated rings. The molecule has 0 bridgehead atoms. The second kappa shape index (κ2) is 5.94. The molecule has 0 aromatic heterocycles. The number of nitrogens with one attached hydrogen (secondary N) is 2. The van der Waals surface area contributed by atoms with Crippen molar-refractivity contribution in [3.63, 3.8) is 0 Å². The van der Waals surface area contributed by atoms with Crippen LogP contribution in [0.5, 0.6) is 0 Å². The van der Waals surface area contributed by atoms with Gasteiger partial charge in [-0.2, -0.15) is 0 Å². The Kier molecular flexibility index (Phi) is 5.66. The Morgan fingerprint density at radius 2 is 2.00 bits per heavy atom. The van der Waals surface area contributed by atoms with Crippen molar-refractivity contribution in [1.82, 2.24) is 10.6 Å². The Labute approximate surface area is 80.3 Å². The van der Waals surface area contributed by atoms with E-state index in [0.29, 0.717) is 13.1 Å². The molecule has 78 valence electrons. The molecule has 0 unspecified atom stereocenters. The molecule has 0 saturated carbocycles. The van der Waals surface area contributed by atoms with Crippen molar-refractivity contribution in [2.75, 3.05) is 19.6 Å². The van der Waals surface area contributed by atoms with Crippen LogP contribution in [0.4, 0.5) is 0 Å². The number of hydrogen-bond donors (Lipinski definition) is 3. The highest BCUT2D eigenvalue weighted by molar-refractivity contribution is 5.78. The summed E-state index contributed by atoms with van der Waals surface area (Å²) in [5.41, 5.74) is 5.16. The molecule has 0 aromatic carbocycles. The zero-order valence-electron chi connectivity index (χ0n) is 8.81. The zero-order valence-corrected chi connectivity index (χ0v) is 8.81. The molecule has 13 heavy (non-hydrogen) atoms. The maximum atomic E-state index is 11.2. The van der Waals surface area contributed by atoms with E-state index in [1.165, 1.54) is 0 Å². The molecular weight excluding hydrogens is 166 g/mol. The number of hydrogen-bond acceptors (Lipinski definition) is 3. The number of rotatable bonds is 5. The van der Waals surface area contributed by atoms with Crippen LogP contribution >= 0.6 is 0 Å². The summed E-state index contributed by atoms with van der Waals surface area (Å²) in [6.45, 7) is 7.72. The third-order valence-corrected chi connectivity index (χ3v) is 1.36. The summed E-state index contributed by atoms with van der Waals surface area (Å²) < 4.78 is 0. The molecule has 4 N–H and O–H groups in total. The van der Waals surface area contributed by atoms with Gasteiger partial charge in [0, 0.05) is 5.54 Å². The molecule has 1 amide bonds. The molecule has 0 saturated heterocycles. The molecule has 0 aliphatic heterocycles. The van der Waals surface area contributed by atoms with Crippen molar-refractivity contribution in [3.05, 3.63) is 0 Å². The van der Waals surface area contributed by atoms with Crippen molar-refractivity contribution in [1.29, 1.82) is 0 Å². The lowest BCUT2D eigenvalue weighted by molar-refractivity contribution is -0.121. The molecule has 0 atom stereocenters. The summed E-state index contributed by atoms with van der Waals surface area (Å²) in [7, 11) is 0. The highest BCUT2D eigenvalue weighted by atomic mass is 16.2. The van der Waals surface area contributed by atoms with Gasteiger partial charge < -0.3 is 16.4 Å². The van der Waals surface area contributed by atoms with Crippen LogP contribution in [-0.4, -0.2) is 31.1 Å². The fourth-order valence-corrected chi connectivity index (χ4v) is 0.891. The van der Waals surface area contributed by atoms with Crippen molar-refractivity contribution in [3.8, 4) is 0 Å². The molecule has 0 heterocycles. The first-order chi connectivity index (χ1) is 5.95. The fraction of sp³-hybridized carbons (Fsp3) is 0.889. The second-order valence-electron chi connectivity index (χ2n) is 4.12. The van der Waals surface area contributed by atoms with E-state index in [2.05, 4.69) is 10.6 Å². The van der Waals surface area contributed by atoms with Gasteiger partial charge in [0.15, 0.2) is 0 Å². The van der Waals surface area contributed by atoms with Gasteiger partial charge in [-0.3, -0.25) is 4.79 Å². The normalized spacial score (nSPS) is 11.4. The van der Waals surface area contributed by atoms with Gasteiger partial charge in [0.05, 0.1) is 6.54 Å². The van der Waals surface area contributed by atoms with Gasteiger partial charge >= 0.3 is 0 Å². The van der Waals surface area contributed by atoms with Crippen LogP contribution < -0.4 is 16.4 Å². The predicted molar refractivity (Wildman–Crippen MR) is 54.4 cm³/mol. The lowest BCUT2D eigenvalue weighted by atomic mass is 10.1. The Morgan fingerprint density at radius 3 is 2.46 bits per heavy atom. The third kappa shape index (κ3) is 9.30. The van der Waals surface area contributed by atoms with Crippen LogP contribution in [0.25, 0.3) is 0 Å². The third-order valence-electron chi connectivity index (χ3n) is 1.36. The summed E-state index contributed by atoms with van der Waals surface area (Å²) >= 11 is 0. The van der Waals surface area contributed by atoms with E-state index in [0.717, 1.165) is 13.0 Å². The van der Waals surface area contributed by atoms with E-state index >= 15 is 0 Å². The molecule has 0 radical (unpaired) electrons. The highest BCUT2D eigenvalue weighted by Crippen LogP contribution is 1.96. The SMILES string of the molecule is CC(C)(C)NC(=O)CNCCCN. The van der Waals surface area contributed by atoms with E-state index in [4.69, 9.17) is 5.73 Å². The topological polar surface area (TPSA) is 67.2 Å². The molecule has 0 aliphatic carbocycles. The van der Waals surface area contributed by atoms with Gasteiger partial charge in [-0.25, -0.2) is 0 Å². The Bertz CT molecular complexity index is 151. The van der Waals surface area contributed by atoms with Crippen molar-refractivity contribution >= 4 is 5.91 Å². The van der Waals surface area contributed by atoms with Gasteiger partial charge in [-0.15, -0.1) is 0 Å². The Morgan fingerprint density at radius 1 is 1.38 bits per heavy atom. The summed E-state index contributed by atoms with van der Waals surface area (Å²) in [5, 5.41) is 5.88. The molecule has 0 spiro atoms. The van der Waals surface area contributed by atoms with Gasteiger partial charge in [-0.1, -0.05) is 0 Å². The quantitative estimate of drug-likeness (QED) is 0.524. The molecule has 0 aliphatic rings. The van der Waals surface area contributed by atoms with E-state index in [1.807, 2.05) is 20.8 Å². The maximum Gasteiger partial charge on any atom is 0.234 e. The average molecular weight is 187 g/mol. The summed E-state index contributed by atoms with van der Waals surface area (Å²) in [6.07, 6.45) is 0.906. The lowest BCUT2D eigenvalue weighted by Gasteiger charge is -2.20. The van der Waals surface area contributed by atoms with E-state index in [9.17, 15) is 4.79 Å². The monoisotopic (exact) mass is 187 g/mol. The Hall–Kier alpha value is -0.610. The Balaban J connectivity index is 3.41. The van der Waals surface area contributed by atoms with Gasteiger partial charge in [0.25, 0.3) is 0 Å². The first kappa shape index (κ1) is 12.4. The number of amides is 1. The minimum Gasteiger partial charge on any atom is -0.350 e. The van der Waals surface area contributed by atoms with Crippen LogP contribution in [0, 0.1) is 0 Å². The zero-order chi connectivity index (χ0) is 10.3. The molecule has 4 heteroatoms. The summed E-state index contributed by atoms with van der Waals surface area (Å²) in [6, 6.07) is 0. The van der Waals surface area contributed by atoms with Crippen molar-refractivity contribution in [2.45, 2.75) is 32.7 Å². The molecular formula is C9H21N3O. The minimum atomic E-state index is -0.146. The minimum absolute atomic E-state index is 0.0320. The molecule has 0 aromatic rings. The van der Waals surface area contributed by atoms with Crippen LogP contribution in [0.2, 0.25) is 0 Å². The van der Waals surface area contributed by atoms with Gasteiger partial charge in [-0.05, 0) is 40.3 Å². The number of carbonyl (C=O) groups excluding carboxylic acids is 1. The lowest BCUT2D eigenvalue weighted by Crippen LogP contribution is -2.45. The van der Waals surface area contributed by atoms with Crippen LogP contribution in [0.15, 0.2) is 0 Å². The first-order valence-corrected chi connectivity index (χ1v) is 4.67. The molecule has 0 rings (SSSR count). The van der Waals surface area contributed by atoms with Crippen LogP contribution in [0.1, 0.15) is 27.2 Å².